The second-order valence-electron chi connectivity index (χ2n) is 13.2. The summed E-state index contributed by atoms with van der Waals surface area (Å²) in [5.74, 6) is -0.325. The first-order valence-corrected chi connectivity index (χ1v) is 19.1. The minimum absolute atomic E-state index is 0.00906. The van der Waals surface area contributed by atoms with E-state index in [2.05, 4.69) is 31.3 Å². The fourth-order valence-corrected chi connectivity index (χ4v) is 5.77. The first-order valence-electron chi connectivity index (χ1n) is 19.1. The van der Waals surface area contributed by atoms with Gasteiger partial charge in [0.25, 0.3) is 0 Å². The zero-order chi connectivity index (χ0) is 32.4. The second kappa shape index (κ2) is 34.7. The molecule has 0 saturated carbocycles. The molecule has 0 aromatic carbocycles. The van der Waals surface area contributed by atoms with Crippen LogP contribution in [0.15, 0.2) is 24.3 Å². The van der Waals surface area contributed by atoms with Gasteiger partial charge in [0.2, 0.25) is 5.91 Å². The normalized spacial score (nSPS) is 14.0. The van der Waals surface area contributed by atoms with Crippen molar-refractivity contribution in [2.75, 3.05) is 6.61 Å². The number of carbonyl (C=O) groups excluding carboxylic acids is 1. The predicted octanol–water partition coefficient (Wildman–Crippen LogP) is 10.3. The van der Waals surface area contributed by atoms with Crippen molar-refractivity contribution in [3.8, 4) is 0 Å². The molecule has 44 heavy (non-hydrogen) atoms. The highest BCUT2D eigenvalue weighted by atomic mass is 16.3. The Labute approximate surface area is 273 Å². The summed E-state index contributed by atoms with van der Waals surface area (Å²) in [5, 5.41) is 33.0. The van der Waals surface area contributed by atoms with Crippen molar-refractivity contribution in [2.45, 2.75) is 212 Å². The average molecular weight is 622 g/mol. The lowest BCUT2D eigenvalue weighted by molar-refractivity contribution is -0.124. The standard InChI is InChI=1S/C39H75NO4/c1-3-5-7-9-11-13-15-17-19-21-23-25-27-29-31-33-38(43)37(35-41)40-39(44)34-36(42)32-30-28-26-24-22-20-18-16-14-12-10-8-6-4-2/h23,25,31,33,36-38,41-43H,3-22,24,26-30,32,34-35H2,1-2H3,(H,40,44)/b25-23+,33-31+. The number of aliphatic hydroxyl groups is 3. The van der Waals surface area contributed by atoms with E-state index in [0.29, 0.717) is 6.42 Å². The van der Waals surface area contributed by atoms with Crippen LogP contribution in [0.3, 0.4) is 0 Å². The summed E-state index contributed by atoms with van der Waals surface area (Å²) in [4.78, 5) is 12.4. The Bertz CT molecular complexity index is 650. The lowest BCUT2D eigenvalue weighted by atomic mass is 10.0. The molecule has 0 bridgehead atoms. The van der Waals surface area contributed by atoms with Crippen molar-refractivity contribution in [1.82, 2.24) is 5.32 Å². The maximum Gasteiger partial charge on any atom is 0.222 e. The Morgan fingerprint density at radius 2 is 0.977 bits per heavy atom. The van der Waals surface area contributed by atoms with Crippen molar-refractivity contribution >= 4 is 5.91 Å². The molecule has 4 N–H and O–H groups in total. The summed E-state index contributed by atoms with van der Waals surface area (Å²) in [6, 6.07) is -0.755. The molecule has 0 radical (unpaired) electrons. The zero-order valence-corrected chi connectivity index (χ0v) is 29.3. The molecule has 0 spiro atoms. The molecular formula is C39H75NO4. The molecule has 0 fully saturated rings. The molecule has 0 heterocycles. The van der Waals surface area contributed by atoms with Crippen LogP contribution in [0.2, 0.25) is 0 Å². The van der Waals surface area contributed by atoms with Gasteiger partial charge in [0.1, 0.15) is 0 Å². The highest BCUT2D eigenvalue weighted by Crippen LogP contribution is 2.15. The highest BCUT2D eigenvalue weighted by molar-refractivity contribution is 5.76. The summed E-state index contributed by atoms with van der Waals surface area (Å²) >= 11 is 0. The van der Waals surface area contributed by atoms with Crippen LogP contribution < -0.4 is 5.32 Å². The van der Waals surface area contributed by atoms with E-state index in [9.17, 15) is 20.1 Å². The van der Waals surface area contributed by atoms with Gasteiger partial charge in [-0.05, 0) is 32.1 Å². The number of carbonyl (C=O) groups is 1. The van der Waals surface area contributed by atoms with Crippen molar-refractivity contribution < 1.29 is 20.1 Å². The fourth-order valence-electron chi connectivity index (χ4n) is 5.77. The third-order valence-corrected chi connectivity index (χ3v) is 8.74. The van der Waals surface area contributed by atoms with Gasteiger partial charge in [0.15, 0.2) is 0 Å². The molecule has 5 nitrogen and oxygen atoms in total. The summed E-state index contributed by atoms with van der Waals surface area (Å²) < 4.78 is 0. The molecule has 0 aliphatic heterocycles. The highest BCUT2D eigenvalue weighted by Gasteiger charge is 2.20. The Morgan fingerprint density at radius 1 is 0.568 bits per heavy atom. The van der Waals surface area contributed by atoms with Crippen molar-refractivity contribution in [2.24, 2.45) is 0 Å². The van der Waals surface area contributed by atoms with Gasteiger partial charge >= 0.3 is 0 Å². The summed E-state index contributed by atoms with van der Waals surface area (Å²) in [6.45, 7) is 4.19. The van der Waals surface area contributed by atoms with E-state index in [0.717, 1.165) is 32.1 Å². The number of amides is 1. The third kappa shape index (κ3) is 30.8. The minimum Gasteiger partial charge on any atom is -0.394 e. The van der Waals surface area contributed by atoms with Gasteiger partial charge < -0.3 is 20.6 Å². The van der Waals surface area contributed by atoms with Gasteiger partial charge in [-0.1, -0.05) is 179 Å². The van der Waals surface area contributed by atoms with E-state index < -0.39 is 18.2 Å². The van der Waals surface area contributed by atoms with E-state index in [1.54, 1.807) is 6.08 Å². The molecule has 0 rings (SSSR count). The Balaban J connectivity index is 3.76. The molecule has 5 heteroatoms. The number of allylic oxidation sites excluding steroid dienone is 3. The maximum atomic E-state index is 12.4. The van der Waals surface area contributed by atoms with Gasteiger partial charge in [-0.3, -0.25) is 4.79 Å². The molecule has 3 atom stereocenters. The first-order chi connectivity index (χ1) is 21.5. The predicted molar refractivity (Wildman–Crippen MR) is 190 cm³/mol. The zero-order valence-electron chi connectivity index (χ0n) is 29.3. The number of hydrogen-bond acceptors (Lipinski definition) is 4. The van der Waals surface area contributed by atoms with Gasteiger partial charge in [0, 0.05) is 0 Å². The smallest absolute Gasteiger partial charge is 0.222 e. The molecular weight excluding hydrogens is 546 g/mol. The Kier molecular flexibility index (Phi) is 33.8. The molecule has 0 aromatic rings. The number of nitrogens with one attached hydrogen (secondary N) is 1. The van der Waals surface area contributed by atoms with Crippen LogP contribution in [-0.2, 0) is 4.79 Å². The number of hydrogen-bond donors (Lipinski definition) is 4. The van der Waals surface area contributed by atoms with Crippen LogP contribution in [0.5, 0.6) is 0 Å². The van der Waals surface area contributed by atoms with Gasteiger partial charge in [-0.2, -0.15) is 0 Å². The summed E-state index contributed by atoms with van der Waals surface area (Å²) in [7, 11) is 0. The van der Waals surface area contributed by atoms with Crippen LogP contribution in [-0.4, -0.2) is 46.1 Å². The lowest BCUT2D eigenvalue weighted by Gasteiger charge is -2.21. The number of unbranched alkanes of at least 4 members (excludes halogenated alkanes) is 23. The molecule has 1 amide bonds. The average Bonchev–Trinajstić information content (AvgIpc) is 3.01. The second-order valence-corrected chi connectivity index (χ2v) is 13.2. The fraction of sp³-hybridized carbons (Fsp3) is 0.872. The number of rotatable bonds is 34. The first kappa shape index (κ1) is 42.8. The molecule has 0 saturated heterocycles. The largest absolute Gasteiger partial charge is 0.394 e. The molecule has 0 aliphatic rings. The van der Waals surface area contributed by atoms with Crippen molar-refractivity contribution in [3.05, 3.63) is 24.3 Å². The van der Waals surface area contributed by atoms with Crippen LogP contribution in [0, 0.1) is 0 Å². The van der Waals surface area contributed by atoms with E-state index in [-0.39, 0.29) is 18.9 Å². The van der Waals surface area contributed by atoms with E-state index >= 15 is 0 Å². The molecule has 260 valence electrons. The monoisotopic (exact) mass is 622 g/mol. The lowest BCUT2D eigenvalue weighted by Crippen LogP contribution is -2.45. The van der Waals surface area contributed by atoms with Gasteiger partial charge in [0.05, 0.1) is 31.3 Å². The van der Waals surface area contributed by atoms with E-state index in [1.165, 1.54) is 135 Å². The van der Waals surface area contributed by atoms with Crippen LogP contribution in [0.1, 0.15) is 194 Å². The van der Waals surface area contributed by atoms with Crippen LogP contribution >= 0.6 is 0 Å². The van der Waals surface area contributed by atoms with Crippen molar-refractivity contribution in [1.29, 1.82) is 0 Å². The minimum atomic E-state index is -0.946. The molecule has 3 unspecified atom stereocenters. The third-order valence-electron chi connectivity index (χ3n) is 8.74. The van der Waals surface area contributed by atoms with Crippen LogP contribution in [0.4, 0.5) is 0 Å². The van der Waals surface area contributed by atoms with Gasteiger partial charge in [-0.15, -0.1) is 0 Å². The maximum absolute atomic E-state index is 12.4. The topological polar surface area (TPSA) is 89.8 Å². The van der Waals surface area contributed by atoms with Crippen molar-refractivity contribution in [3.63, 3.8) is 0 Å². The van der Waals surface area contributed by atoms with E-state index in [1.807, 2.05) is 6.08 Å². The summed E-state index contributed by atoms with van der Waals surface area (Å²) in [6.07, 6.45) is 40.2. The Hall–Kier alpha value is -1.17. The SMILES string of the molecule is CCCCCCCCCCC/C=C/CC/C=C/C(O)C(CO)NC(=O)CC(O)CCCCCCCCCCCCCCCC. The summed E-state index contributed by atoms with van der Waals surface area (Å²) in [5.41, 5.74) is 0. The molecule has 0 aliphatic carbocycles. The quantitative estimate of drug-likeness (QED) is 0.0425. The number of aliphatic hydroxyl groups excluding tert-OH is 3. The molecule has 0 aromatic heterocycles. The Morgan fingerprint density at radius 3 is 1.45 bits per heavy atom. The van der Waals surface area contributed by atoms with E-state index in [4.69, 9.17) is 0 Å². The van der Waals surface area contributed by atoms with Gasteiger partial charge in [-0.25, -0.2) is 0 Å². The van der Waals surface area contributed by atoms with Crippen LogP contribution in [0.25, 0.3) is 0 Å².